The fraction of sp³-hybridized carbons (Fsp3) is 0.263. The molecule has 10 heteroatoms. The molecule has 0 unspecified atom stereocenters. The molecule has 2 amide bonds. The van der Waals surface area contributed by atoms with Gasteiger partial charge in [0.15, 0.2) is 0 Å². The summed E-state index contributed by atoms with van der Waals surface area (Å²) in [5.74, 6) is -1.73. The van der Waals surface area contributed by atoms with Crippen LogP contribution in [0.4, 0.5) is 15.8 Å². The summed E-state index contributed by atoms with van der Waals surface area (Å²) in [4.78, 5) is 23.0. The minimum atomic E-state index is -4.08. The number of rotatable bonds is 5. The molecular weight excluding hydrogens is 401 g/mol. The molecule has 0 radical (unpaired) electrons. The van der Waals surface area contributed by atoms with Crippen LogP contribution in [0.1, 0.15) is 17.3 Å². The fourth-order valence-corrected chi connectivity index (χ4v) is 4.31. The van der Waals surface area contributed by atoms with Gasteiger partial charge in [-0.3, -0.25) is 9.59 Å². The second-order valence-corrected chi connectivity index (χ2v) is 8.28. The Morgan fingerprint density at radius 2 is 1.59 bits per heavy atom. The zero-order chi connectivity index (χ0) is 21.0. The van der Waals surface area contributed by atoms with E-state index in [1.165, 1.54) is 13.0 Å². The van der Waals surface area contributed by atoms with Gasteiger partial charge >= 0.3 is 0 Å². The van der Waals surface area contributed by atoms with Crippen molar-refractivity contribution in [3.8, 4) is 0 Å². The predicted molar refractivity (Wildman–Crippen MR) is 105 cm³/mol. The first-order valence-electron chi connectivity index (χ1n) is 8.84. The lowest BCUT2D eigenvalue weighted by Gasteiger charge is -2.26. The fourth-order valence-electron chi connectivity index (χ4n) is 2.81. The van der Waals surface area contributed by atoms with Crippen molar-refractivity contribution >= 4 is 33.2 Å². The van der Waals surface area contributed by atoms with E-state index in [1.807, 2.05) is 0 Å². The molecule has 29 heavy (non-hydrogen) atoms. The average Bonchev–Trinajstić information content (AvgIpc) is 2.70. The smallest absolute Gasteiger partial charge is 0.255 e. The van der Waals surface area contributed by atoms with Gasteiger partial charge in [-0.2, -0.15) is 4.31 Å². The number of nitrogens with one attached hydrogen (secondary N) is 2. The van der Waals surface area contributed by atoms with Gasteiger partial charge in [0.2, 0.25) is 15.9 Å². The molecule has 1 aliphatic heterocycles. The van der Waals surface area contributed by atoms with E-state index in [0.29, 0.717) is 11.4 Å². The largest absolute Gasteiger partial charge is 0.379 e. The molecular formula is C19H20FN3O5S. The van der Waals surface area contributed by atoms with Crippen LogP contribution in [0.25, 0.3) is 0 Å². The molecule has 1 fully saturated rings. The lowest BCUT2D eigenvalue weighted by molar-refractivity contribution is -0.114. The average molecular weight is 421 g/mol. The molecule has 1 aliphatic rings. The molecule has 0 aromatic heterocycles. The Kier molecular flexibility index (Phi) is 6.26. The van der Waals surface area contributed by atoms with Gasteiger partial charge in [0.25, 0.3) is 5.91 Å². The summed E-state index contributed by atoms with van der Waals surface area (Å²) in [5.41, 5.74) is 1.01. The number of carbonyl (C=O) groups is 2. The number of hydrogen-bond acceptors (Lipinski definition) is 5. The highest BCUT2D eigenvalue weighted by molar-refractivity contribution is 7.89. The Labute approximate surface area is 167 Å². The maximum atomic E-state index is 14.3. The molecule has 2 N–H and O–H groups in total. The van der Waals surface area contributed by atoms with Crippen LogP contribution in [-0.2, 0) is 19.6 Å². The molecule has 1 heterocycles. The normalized spacial score (nSPS) is 15.0. The summed E-state index contributed by atoms with van der Waals surface area (Å²) < 4.78 is 46.0. The van der Waals surface area contributed by atoms with Gasteiger partial charge in [0, 0.05) is 37.0 Å². The SMILES string of the molecule is CC(=O)Nc1ccc(NC(=O)c2ccc(F)c(S(=O)(=O)N3CCOCC3)c2)cc1. The van der Waals surface area contributed by atoms with Crippen LogP contribution < -0.4 is 10.6 Å². The number of carbonyl (C=O) groups excluding carboxylic acids is 2. The summed E-state index contributed by atoms with van der Waals surface area (Å²) in [5, 5.41) is 5.22. The molecule has 0 spiro atoms. The van der Waals surface area contributed by atoms with E-state index in [4.69, 9.17) is 4.74 Å². The Morgan fingerprint density at radius 3 is 2.17 bits per heavy atom. The summed E-state index contributed by atoms with van der Waals surface area (Å²) in [6.45, 7) is 2.09. The molecule has 8 nitrogen and oxygen atoms in total. The maximum Gasteiger partial charge on any atom is 0.255 e. The molecule has 1 saturated heterocycles. The monoisotopic (exact) mass is 421 g/mol. The third kappa shape index (κ3) is 4.97. The Hall–Kier alpha value is -2.82. The zero-order valence-electron chi connectivity index (χ0n) is 15.6. The van der Waals surface area contributed by atoms with Crippen molar-refractivity contribution < 1.29 is 27.1 Å². The van der Waals surface area contributed by atoms with Gasteiger partial charge in [-0.25, -0.2) is 12.8 Å². The molecule has 0 saturated carbocycles. The number of ether oxygens (including phenoxy) is 1. The molecule has 2 aromatic carbocycles. The Bertz CT molecular complexity index is 1020. The van der Waals surface area contributed by atoms with E-state index in [2.05, 4.69) is 10.6 Å². The quantitative estimate of drug-likeness (QED) is 0.769. The number of benzene rings is 2. The molecule has 0 aliphatic carbocycles. The summed E-state index contributed by atoms with van der Waals surface area (Å²) in [7, 11) is -4.08. The molecule has 2 aromatic rings. The third-order valence-electron chi connectivity index (χ3n) is 4.24. The first kappa shape index (κ1) is 20.9. The van der Waals surface area contributed by atoms with Crippen LogP contribution in [0.5, 0.6) is 0 Å². The van der Waals surface area contributed by atoms with Crippen molar-refractivity contribution in [1.29, 1.82) is 0 Å². The molecule has 3 rings (SSSR count). The van der Waals surface area contributed by atoms with Gasteiger partial charge in [-0.1, -0.05) is 0 Å². The van der Waals surface area contributed by atoms with Gasteiger partial charge < -0.3 is 15.4 Å². The van der Waals surface area contributed by atoms with Crippen molar-refractivity contribution in [3.63, 3.8) is 0 Å². The van der Waals surface area contributed by atoms with Gasteiger partial charge in [0.05, 0.1) is 13.2 Å². The van der Waals surface area contributed by atoms with Crippen molar-refractivity contribution in [2.24, 2.45) is 0 Å². The molecule has 0 atom stereocenters. The van der Waals surface area contributed by atoms with E-state index >= 15 is 0 Å². The van der Waals surface area contributed by atoms with E-state index in [-0.39, 0.29) is 37.8 Å². The maximum absolute atomic E-state index is 14.3. The summed E-state index contributed by atoms with van der Waals surface area (Å²) >= 11 is 0. The van der Waals surface area contributed by atoms with Crippen molar-refractivity contribution in [1.82, 2.24) is 4.31 Å². The lowest BCUT2D eigenvalue weighted by Crippen LogP contribution is -2.41. The molecule has 154 valence electrons. The van der Waals surface area contributed by atoms with Crippen molar-refractivity contribution in [2.45, 2.75) is 11.8 Å². The predicted octanol–water partition coefficient (Wildman–Crippen LogP) is 2.06. The van der Waals surface area contributed by atoms with Crippen LogP contribution >= 0.6 is 0 Å². The van der Waals surface area contributed by atoms with Crippen LogP contribution in [-0.4, -0.2) is 50.8 Å². The van der Waals surface area contributed by atoms with E-state index in [1.54, 1.807) is 24.3 Å². The zero-order valence-corrected chi connectivity index (χ0v) is 16.5. The minimum Gasteiger partial charge on any atom is -0.379 e. The van der Waals surface area contributed by atoms with Crippen molar-refractivity contribution in [2.75, 3.05) is 36.9 Å². The van der Waals surface area contributed by atoms with Gasteiger partial charge in [0.1, 0.15) is 10.7 Å². The van der Waals surface area contributed by atoms with Gasteiger partial charge in [-0.15, -0.1) is 0 Å². The van der Waals surface area contributed by atoms with E-state index < -0.39 is 26.6 Å². The topological polar surface area (TPSA) is 105 Å². The number of amides is 2. The second-order valence-electron chi connectivity index (χ2n) is 6.37. The van der Waals surface area contributed by atoms with Gasteiger partial charge in [-0.05, 0) is 42.5 Å². The Morgan fingerprint density at radius 1 is 1.00 bits per heavy atom. The number of morpholine rings is 1. The first-order valence-corrected chi connectivity index (χ1v) is 10.3. The summed E-state index contributed by atoms with van der Waals surface area (Å²) in [6.07, 6.45) is 0. The summed E-state index contributed by atoms with van der Waals surface area (Å²) in [6, 6.07) is 9.58. The minimum absolute atomic E-state index is 0.00386. The second kappa shape index (κ2) is 8.68. The highest BCUT2D eigenvalue weighted by Crippen LogP contribution is 2.23. The van der Waals surface area contributed by atoms with E-state index in [0.717, 1.165) is 16.4 Å². The lowest BCUT2D eigenvalue weighted by atomic mass is 10.2. The number of nitrogens with zero attached hydrogens (tertiary/aromatic N) is 1. The van der Waals surface area contributed by atoms with Crippen LogP contribution in [0.3, 0.4) is 0 Å². The standard InChI is InChI=1S/C19H20FN3O5S/c1-13(24)21-15-3-5-16(6-4-15)22-19(25)14-2-7-17(20)18(12-14)29(26,27)23-8-10-28-11-9-23/h2-7,12H,8-11H2,1H3,(H,21,24)(H,22,25). The molecule has 0 bridgehead atoms. The number of halogens is 1. The van der Waals surface area contributed by atoms with Crippen LogP contribution in [0.2, 0.25) is 0 Å². The van der Waals surface area contributed by atoms with Crippen molar-refractivity contribution in [3.05, 3.63) is 53.8 Å². The van der Waals surface area contributed by atoms with Crippen LogP contribution in [0.15, 0.2) is 47.4 Å². The van der Waals surface area contributed by atoms with E-state index in [9.17, 15) is 22.4 Å². The number of sulfonamides is 1. The first-order chi connectivity index (χ1) is 13.8. The van der Waals surface area contributed by atoms with Crippen LogP contribution in [0, 0.1) is 5.82 Å². The third-order valence-corrected chi connectivity index (χ3v) is 6.16. The highest BCUT2D eigenvalue weighted by Gasteiger charge is 2.29. The highest BCUT2D eigenvalue weighted by atomic mass is 32.2. The Balaban J connectivity index is 1.79. The number of hydrogen-bond donors (Lipinski definition) is 2. The number of anilines is 2.